The smallest absolute Gasteiger partial charge is 0.239 e. The predicted octanol–water partition coefficient (Wildman–Crippen LogP) is 1.93. The van der Waals surface area contributed by atoms with Gasteiger partial charge in [-0.05, 0) is 18.6 Å². The highest BCUT2D eigenvalue weighted by Gasteiger charge is 2.05. The molecule has 0 aliphatic heterocycles. The number of hydrogen-bond acceptors (Lipinski definition) is 5. The van der Waals surface area contributed by atoms with Gasteiger partial charge in [0.2, 0.25) is 5.88 Å². The lowest BCUT2D eigenvalue weighted by molar-refractivity contribution is 0.307. The van der Waals surface area contributed by atoms with Crippen molar-refractivity contribution in [1.82, 2.24) is 14.8 Å². The Labute approximate surface area is 106 Å². The van der Waals surface area contributed by atoms with Gasteiger partial charge in [0.1, 0.15) is 5.82 Å². The van der Waals surface area contributed by atoms with Crippen molar-refractivity contribution < 1.29 is 4.74 Å². The summed E-state index contributed by atoms with van der Waals surface area (Å²) >= 11 is 0. The summed E-state index contributed by atoms with van der Waals surface area (Å²) in [6, 6.07) is 3.58. The first-order valence-corrected chi connectivity index (χ1v) is 5.84. The third kappa shape index (κ3) is 2.91. The third-order valence-corrected chi connectivity index (χ3v) is 2.31. The first-order valence-electron chi connectivity index (χ1n) is 5.84. The molecule has 0 fully saturated rings. The summed E-state index contributed by atoms with van der Waals surface area (Å²) in [5.41, 5.74) is 7.21. The number of hydrogen-bond donors (Lipinski definition) is 2. The van der Waals surface area contributed by atoms with Crippen molar-refractivity contribution in [2.45, 2.75) is 13.3 Å². The zero-order valence-electron chi connectivity index (χ0n) is 10.6. The molecule has 0 aromatic carbocycles. The molecule has 6 nitrogen and oxygen atoms in total. The number of nitrogens with two attached hydrogens (primary N) is 1. The van der Waals surface area contributed by atoms with Crippen LogP contribution in [-0.4, -0.2) is 21.4 Å². The van der Waals surface area contributed by atoms with E-state index >= 15 is 0 Å². The first kappa shape index (κ1) is 12.2. The highest BCUT2D eigenvalue weighted by Crippen LogP contribution is 2.23. The molecule has 6 heteroatoms. The molecule has 0 saturated heterocycles. The van der Waals surface area contributed by atoms with Crippen molar-refractivity contribution in [2.24, 2.45) is 7.05 Å². The van der Waals surface area contributed by atoms with Gasteiger partial charge >= 0.3 is 0 Å². The Morgan fingerprint density at radius 2 is 2.28 bits per heavy atom. The second-order valence-electron chi connectivity index (χ2n) is 3.97. The standard InChI is InChI=1S/C12H17N5O/c1-3-6-18-12-10(13)4-5-11(16-12)15-9-7-14-17(2)8-9/h4-5,7-8H,3,6,13H2,1-2H3,(H,15,16). The van der Waals surface area contributed by atoms with Crippen molar-refractivity contribution >= 4 is 17.2 Å². The fraction of sp³-hybridized carbons (Fsp3) is 0.333. The van der Waals surface area contributed by atoms with Crippen LogP contribution in [-0.2, 0) is 7.05 Å². The zero-order chi connectivity index (χ0) is 13.0. The Morgan fingerprint density at radius 1 is 1.44 bits per heavy atom. The van der Waals surface area contributed by atoms with E-state index in [4.69, 9.17) is 10.5 Å². The zero-order valence-corrected chi connectivity index (χ0v) is 10.6. The van der Waals surface area contributed by atoms with E-state index in [1.807, 2.05) is 20.2 Å². The molecule has 2 heterocycles. The molecule has 0 atom stereocenters. The van der Waals surface area contributed by atoms with E-state index in [9.17, 15) is 0 Å². The van der Waals surface area contributed by atoms with Gasteiger partial charge in [-0.2, -0.15) is 10.1 Å². The van der Waals surface area contributed by atoms with E-state index in [1.165, 1.54) is 0 Å². The average molecular weight is 247 g/mol. The quantitative estimate of drug-likeness (QED) is 0.844. The number of nitrogens with zero attached hydrogens (tertiary/aromatic N) is 3. The lowest BCUT2D eigenvalue weighted by Gasteiger charge is -2.09. The molecule has 18 heavy (non-hydrogen) atoms. The van der Waals surface area contributed by atoms with Crippen LogP contribution >= 0.6 is 0 Å². The molecule has 0 saturated carbocycles. The molecule has 3 N–H and O–H groups in total. The van der Waals surface area contributed by atoms with Crippen molar-refractivity contribution in [3.8, 4) is 5.88 Å². The highest BCUT2D eigenvalue weighted by molar-refractivity contribution is 5.59. The Bertz CT molecular complexity index is 523. The van der Waals surface area contributed by atoms with Crippen molar-refractivity contribution in [1.29, 1.82) is 0 Å². The molecule has 2 aromatic heterocycles. The summed E-state index contributed by atoms with van der Waals surface area (Å²) < 4.78 is 7.19. The Hall–Kier alpha value is -2.24. The maximum Gasteiger partial charge on any atom is 0.239 e. The molecule has 2 rings (SSSR count). The number of nitrogens with one attached hydrogen (secondary N) is 1. The molecule has 0 spiro atoms. The number of ether oxygens (including phenoxy) is 1. The molecule has 0 unspecified atom stereocenters. The molecule has 0 amide bonds. The number of nitrogen functional groups attached to an aromatic ring is 1. The van der Waals surface area contributed by atoms with E-state index < -0.39 is 0 Å². The Morgan fingerprint density at radius 3 is 2.94 bits per heavy atom. The average Bonchev–Trinajstić information content (AvgIpc) is 2.75. The maximum absolute atomic E-state index is 5.80. The molecule has 0 aliphatic carbocycles. The fourth-order valence-electron chi connectivity index (χ4n) is 1.47. The van der Waals surface area contributed by atoms with Crippen LogP contribution in [0, 0.1) is 0 Å². The minimum atomic E-state index is 0.464. The van der Waals surface area contributed by atoms with E-state index in [1.54, 1.807) is 23.0 Å². The molecular weight excluding hydrogens is 230 g/mol. The Kier molecular flexibility index (Phi) is 3.66. The summed E-state index contributed by atoms with van der Waals surface area (Å²) in [6.07, 6.45) is 4.51. The fourth-order valence-corrected chi connectivity index (χ4v) is 1.47. The topological polar surface area (TPSA) is 78.0 Å². The van der Waals surface area contributed by atoms with Crippen LogP contribution in [0.3, 0.4) is 0 Å². The van der Waals surface area contributed by atoms with Gasteiger partial charge in [-0.15, -0.1) is 0 Å². The van der Waals surface area contributed by atoms with Crippen LogP contribution < -0.4 is 15.8 Å². The molecular formula is C12H17N5O. The summed E-state index contributed by atoms with van der Waals surface area (Å²) in [5, 5.41) is 7.21. The number of aromatic nitrogens is 3. The van der Waals surface area contributed by atoms with E-state index in [-0.39, 0.29) is 0 Å². The molecule has 96 valence electrons. The lowest BCUT2D eigenvalue weighted by atomic mass is 10.4. The predicted molar refractivity (Wildman–Crippen MR) is 70.9 cm³/mol. The molecule has 0 bridgehead atoms. The van der Waals surface area contributed by atoms with Crippen molar-refractivity contribution in [3.63, 3.8) is 0 Å². The summed E-state index contributed by atoms with van der Waals surface area (Å²) in [5.74, 6) is 1.15. The van der Waals surface area contributed by atoms with Crippen LogP contribution in [0.25, 0.3) is 0 Å². The van der Waals surface area contributed by atoms with Crippen molar-refractivity contribution in [3.05, 3.63) is 24.5 Å². The Balaban J connectivity index is 2.13. The maximum atomic E-state index is 5.80. The number of pyridine rings is 1. The van der Waals surface area contributed by atoms with Gasteiger partial charge in [0, 0.05) is 13.2 Å². The van der Waals surface area contributed by atoms with Gasteiger partial charge < -0.3 is 15.8 Å². The second-order valence-corrected chi connectivity index (χ2v) is 3.97. The minimum absolute atomic E-state index is 0.464. The van der Waals surface area contributed by atoms with Crippen molar-refractivity contribution in [2.75, 3.05) is 17.7 Å². The van der Waals surface area contributed by atoms with Gasteiger partial charge in [0.25, 0.3) is 0 Å². The first-order chi connectivity index (χ1) is 8.69. The van der Waals surface area contributed by atoms with Gasteiger partial charge in [-0.25, -0.2) is 0 Å². The number of aryl methyl sites for hydroxylation is 1. The van der Waals surface area contributed by atoms with Crippen LogP contribution in [0.1, 0.15) is 13.3 Å². The van der Waals surface area contributed by atoms with E-state index in [0.29, 0.717) is 24.0 Å². The minimum Gasteiger partial charge on any atom is -0.476 e. The van der Waals surface area contributed by atoms with Gasteiger partial charge in [0.05, 0.1) is 24.2 Å². The largest absolute Gasteiger partial charge is 0.476 e. The number of anilines is 3. The SMILES string of the molecule is CCCOc1nc(Nc2cnn(C)c2)ccc1N. The van der Waals surface area contributed by atoms with E-state index in [2.05, 4.69) is 15.4 Å². The molecule has 2 aromatic rings. The third-order valence-electron chi connectivity index (χ3n) is 2.31. The monoisotopic (exact) mass is 247 g/mol. The van der Waals surface area contributed by atoms with Gasteiger partial charge in [-0.3, -0.25) is 4.68 Å². The highest BCUT2D eigenvalue weighted by atomic mass is 16.5. The molecule has 0 aliphatic rings. The molecule has 0 radical (unpaired) electrons. The van der Waals surface area contributed by atoms with Crippen LogP contribution in [0.4, 0.5) is 17.2 Å². The van der Waals surface area contributed by atoms with Gasteiger partial charge in [-0.1, -0.05) is 6.92 Å². The van der Waals surface area contributed by atoms with Crippen LogP contribution in [0.2, 0.25) is 0 Å². The van der Waals surface area contributed by atoms with Crippen LogP contribution in [0.15, 0.2) is 24.5 Å². The normalized spacial score (nSPS) is 10.3. The van der Waals surface area contributed by atoms with Crippen LogP contribution in [0.5, 0.6) is 5.88 Å². The van der Waals surface area contributed by atoms with Gasteiger partial charge in [0.15, 0.2) is 0 Å². The number of rotatable bonds is 5. The lowest BCUT2D eigenvalue weighted by Crippen LogP contribution is -2.03. The summed E-state index contributed by atoms with van der Waals surface area (Å²) in [6.45, 7) is 2.64. The summed E-state index contributed by atoms with van der Waals surface area (Å²) in [4.78, 5) is 4.32. The van der Waals surface area contributed by atoms with E-state index in [0.717, 1.165) is 12.1 Å². The second kappa shape index (κ2) is 5.39. The summed E-state index contributed by atoms with van der Waals surface area (Å²) in [7, 11) is 1.86.